The summed E-state index contributed by atoms with van der Waals surface area (Å²) in [7, 11) is 0. The third kappa shape index (κ3) is 1.83. The van der Waals surface area contributed by atoms with E-state index in [9.17, 15) is 9.59 Å². The fourth-order valence-corrected chi connectivity index (χ4v) is 1.65. The van der Waals surface area contributed by atoms with Crippen LogP contribution in [0.5, 0.6) is 0 Å². The van der Waals surface area contributed by atoms with Gasteiger partial charge >= 0.3 is 11.9 Å². The number of carbonyl (C=O) groups is 2. The number of aliphatic carboxylic acids is 1. The first-order chi connectivity index (χ1) is 7.18. The molecule has 4 nitrogen and oxygen atoms in total. The first-order valence-corrected chi connectivity index (χ1v) is 4.66. The van der Waals surface area contributed by atoms with Crippen molar-refractivity contribution in [1.29, 1.82) is 0 Å². The fourth-order valence-electron chi connectivity index (χ4n) is 1.65. The lowest BCUT2D eigenvalue weighted by Gasteiger charge is -2.07. The molecule has 1 heterocycles. The largest absolute Gasteiger partial charge is 0.481 e. The molecule has 1 aromatic carbocycles. The quantitative estimate of drug-likeness (QED) is 0.586. The molecular weight excluding hydrogens is 196 g/mol. The molecule has 0 radical (unpaired) electrons. The molecule has 1 aliphatic rings. The molecule has 1 N–H and O–H groups in total. The van der Waals surface area contributed by atoms with Gasteiger partial charge in [0.05, 0.1) is 0 Å². The summed E-state index contributed by atoms with van der Waals surface area (Å²) in [5.74, 6) is -2.77. The number of carboxylic acids is 1. The van der Waals surface area contributed by atoms with Crippen LogP contribution >= 0.6 is 0 Å². The van der Waals surface area contributed by atoms with Crippen molar-refractivity contribution in [3.63, 3.8) is 0 Å². The molecule has 2 atom stereocenters. The minimum absolute atomic E-state index is 0.220. The fraction of sp³-hybridized carbons (Fsp3) is 0.273. The lowest BCUT2D eigenvalue weighted by molar-refractivity contribution is -0.153. The second kappa shape index (κ2) is 3.73. The van der Waals surface area contributed by atoms with Gasteiger partial charge in [-0.05, 0) is 5.56 Å². The van der Waals surface area contributed by atoms with Gasteiger partial charge in [0.15, 0.2) is 5.92 Å². The zero-order valence-corrected chi connectivity index (χ0v) is 7.92. The van der Waals surface area contributed by atoms with E-state index >= 15 is 0 Å². The number of hydrogen-bond acceptors (Lipinski definition) is 3. The Morgan fingerprint density at radius 2 is 2.00 bits per heavy atom. The highest BCUT2D eigenvalue weighted by atomic mass is 16.6. The van der Waals surface area contributed by atoms with E-state index in [1.54, 1.807) is 0 Å². The Kier molecular flexibility index (Phi) is 2.41. The number of hydrogen-bond donors (Lipinski definition) is 1. The van der Waals surface area contributed by atoms with Crippen LogP contribution in [0.4, 0.5) is 0 Å². The number of rotatable bonds is 2. The van der Waals surface area contributed by atoms with Crippen molar-refractivity contribution < 1.29 is 19.4 Å². The topological polar surface area (TPSA) is 63.6 Å². The first kappa shape index (κ1) is 9.71. The average Bonchev–Trinajstić information content (AvgIpc) is 2.62. The van der Waals surface area contributed by atoms with E-state index in [2.05, 4.69) is 0 Å². The van der Waals surface area contributed by atoms with Crippen LogP contribution in [0.25, 0.3) is 0 Å². The minimum atomic E-state index is -1.11. The Hall–Kier alpha value is -1.84. The van der Waals surface area contributed by atoms with Gasteiger partial charge in [-0.25, -0.2) is 0 Å². The summed E-state index contributed by atoms with van der Waals surface area (Å²) in [4.78, 5) is 21.9. The molecule has 0 unspecified atom stereocenters. The van der Waals surface area contributed by atoms with Gasteiger partial charge in [0, 0.05) is 6.42 Å². The maximum Gasteiger partial charge on any atom is 0.321 e. The van der Waals surface area contributed by atoms with E-state index in [0.29, 0.717) is 0 Å². The van der Waals surface area contributed by atoms with Crippen molar-refractivity contribution in [2.24, 2.45) is 5.92 Å². The summed E-state index contributed by atoms with van der Waals surface area (Å²) in [6.07, 6.45) is -0.196. The Balaban J connectivity index is 2.16. The highest BCUT2D eigenvalue weighted by molar-refractivity contribution is 5.95. The Morgan fingerprint density at radius 1 is 1.33 bits per heavy atom. The zero-order chi connectivity index (χ0) is 10.8. The van der Waals surface area contributed by atoms with Crippen molar-refractivity contribution in [1.82, 2.24) is 0 Å². The van der Waals surface area contributed by atoms with E-state index < -0.39 is 24.0 Å². The highest BCUT2D eigenvalue weighted by Gasteiger charge is 2.40. The molecule has 1 fully saturated rings. The number of cyclic esters (lactones) is 1. The van der Waals surface area contributed by atoms with Crippen molar-refractivity contribution in [2.45, 2.75) is 12.5 Å². The molecule has 15 heavy (non-hydrogen) atoms. The monoisotopic (exact) mass is 206 g/mol. The molecule has 2 rings (SSSR count). The molecule has 0 saturated carbocycles. The van der Waals surface area contributed by atoms with Crippen molar-refractivity contribution in [2.75, 3.05) is 0 Å². The van der Waals surface area contributed by atoms with Gasteiger partial charge in [0.2, 0.25) is 0 Å². The number of benzene rings is 1. The van der Waals surface area contributed by atoms with Gasteiger partial charge in [-0.2, -0.15) is 0 Å². The molecule has 78 valence electrons. The number of carbonyl (C=O) groups excluding carboxylic acids is 1. The van der Waals surface area contributed by atoms with E-state index in [1.165, 1.54) is 0 Å². The molecule has 1 aliphatic heterocycles. The third-order valence-electron chi connectivity index (χ3n) is 2.46. The van der Waals surface area contributed by atoms with Crippen LogP contribution in [0.15, 0.2) is 30.3 Å². The summed E-state index contributed by atoms with van der Waals surface area (Å²) in [6.45, 7) is 0. The van der Waals surface area contributed by atoms with Crippen LogP contribution in [0, 0.1) is 5.92 Å². The lowest BCUT2D eigenvalue weighted by Crippen LogP contribution is -2.17. The predicted molar refractivity (Wildman–Crippen MR) is 51.0 cm³/mol. The second-order valence-electron chi connectivity index (χ2n) is 3.46. The molecule has 0 aliphatic carbocycles. The zero-order valence-electron chi connectivity index (χ0n) is 7.92. The van der Waals surface area contributed by atoms with Gasteiger partial charge in [-0.1, -0.05) is 30.3 Å². The molecule has 0 bridgehead atoms. The minimum Gasteiger partial charge on any atom is -0.481 e. The first-order valence-electron chi connectivity index (χ1n) is 4.66. The lowest BCUT2D eigenvalue weighted by atomic mass is 10.0. The smallest absolute Gasteiger partial charge is 0.321 e. The predicted octanol–water partition coefficient (Wildman–Crippen LogP) is 1.38. The number of carboxylic acid groups (broad SMARTS) is 1. The molecule has 0 amide bonds. The molecular formula is C11H10O4. The normalized spacial score (nSPS) is 24.9. The van der Waals surface area contributed by atoms with Gasteiger partial charge < -0.3 is 9.84 Å². The van der Waals surface area contributed by atoms with Gasteiger partial charge in [0.25, 0.3) is 0 Å². The van der Waals surface area contributed by atoms with E-state index in [1.807, 2.05) is 30.3 Å². The number of ether oxygens (including phenoxy) is 1. The van der Waals surface area contributed by atoms with Crippen molar-refractivity contribution in [3.8, 4) is 0 Å². The van der Waals surface area contributed by atoms with E-state index in [0.717, 1.165) is 5.56 Å². The summed E-state index contributed by atoms with van der Waals surface area (Å²) < 4.78 is 5.00. The third-order valence-corrected chi connectivity index (χ3v) is 2.46. The number of esters is 1. The summed E-state index contributed by atoms with van der Waals surface area (Å²) in [5, 5.41) is 8.75. The maximum atomic E-state index is 11.2. The van der Waals surface area contributed by atoms with Gasteiger partial charge in [-0.3, -0.25) is 9.59 Å². The Bertz CT molecular complexity index is 385. The van der Waals surface area contributed by atoms with Crippen LogP contribution in [0.2, 0.25) is 0 Å². The molecule has 1 saturated heterocycles. The van der Waals surface area contributed by atoms with Gasteiger partial charge in [-0.15, -0.1) is 0 Å². The molecule has 0 aromatic heterocycles. The van der Waals surface area contributed by atoms with Crippen LogP contribution in [0.1, 0.15) is 18.1 Å². The van der Waals surface area contributed by atoms with Crippen LogP contribution < -0.4 is 0 Å². The molecule has 0 spiro atoms. The second-order valence-corrected chi connectivity index (χ2v) is 3.46. The van der Waals surface area contributed by atoms with Gasteiger partial charge in [0.1, 0.15) is 6.10 Å². The maximum absolute atomic E-state index is 11.2. The van der Waals surface area contributed by atoms with Crippen molar-refractivity contribution >= 4 is 11.9 Å². The van der Waals surface area contributed by atoms with Crippen LogP contribution in [-0.4, -0.2) is 17.0 Å². The summed E-state index contributed by atoms with van der Waals surface area (Å²) in [6, 6.07) is 9.16. The van der Waals surface area contributed by atoms with E-state index in [4.69, 9.17) is 9.84 Å². The SMILES string of the molecule is O=C(O)[C@H]1C[C@@H](c2ccccc2)OC1=O. The van der Waals surface area contributed by atoms with Crippen molar-refractivity contribution in [3.05, 3.63) is 35.9 Å². The Labute approximate surface area is 86.5 Å². The standard InChI is InChI=1S/C11H10O4/c12-10(13)8-6-9(15-11(8)14)7-4-2-1-3-5-7/h1-5,8-9H,6H2,(H,12,13)/t8-,9+/m1/s1. The van der Waals surface area contributed by atoms with Crippen LogP contribution in [-0.2, 0) is 14.3 Å². The average molecular weight is 206 g/mol. The summed E-state index contributed by atoms with van der Waals surface area (Å²) >= 11 is 0. The van der Waals surface area contributed by atoms with E-state index in [-0.39, 0.29) is 6.42 Å². The molecule has 4 heteroatoms. The highest BCUT2D eigenvalue weighted by Crippen LogP contribution is 2.33. The summed E-state index contributed by atoms with van der Waals surface area (Å²) in [5.41, 5.74) is 0.842. The molecule has 1 aromatic rings. The Morgan fingerprint density at radius 3 is 2.53 bits per heavy atom. The van der Waals surface area contributed by atoms with Crippen LogP contribution in [0.3, 0.4) is 0 Å².